The minimum atomic E-state index is -3.74. The van der Waals surface area contributed by atoms with Crippen molar-refractivity contribution in [1.82, 2.24) is 4.72 Å². The Labute approximate surface area is 154 Å². The lowest BCUT2D eigenvalue weighted by atomic mass is 10.1. The number of nitro groups is 1. The monoisotopic (exact) mass is 428 g/mol. The van der Waals surface area contributed by atoms with Gasteiger partial charge in [-0.1, -0.05) is 46.3 Å². The predicted molar refractivity (Wildman–Crippen MR) is 97.2 cm³/mol. The van der Waals surface area contributed by atoms with Crippen LogP contribution in [-0.4, -0.2) is 31.8 Å². The fourth-order valence-corrected chi connectivity index (χ4v) is 3.68. The van der Waals surface area contributed by atoms with Gasteiger partial charge in [0.25, 0.3) is 5.69 Å². The van der Waals surface area contributed by atoms with Crippen molar-refractivity contribution in [2.45, 2.75) is 11.0 Å². The molecule has 0 spiro atoms. The number of nitrogens with one attached hydrogen (secondary N) is 1. The number of hydrogen-bond acceptors (Lipinski definition) is 5. The van der Waals surface area contributed by atoms with Crippen LogP contribution in [0.5, 0.6) is 0 Å². The number of rotatable bonds is 9. The summed E-state index contributed by atoms with van der Waals surface area (Å²) in [5, 5.41) is 11.2. The van der Waals surface area contributed by atoms with Crippen LogP contribution in [0.2, 0.25) is 0 Å². The Balaban J connectivity index is 1.88. The molecule has 2 rings (SSSR count). The van der Waals surface area contributed by atoms with Crippen LogP contribution in [0.4, 0.5) is 5.69 Å². The maximum atomic E-state index is 12.2. The average Bonchev–Trinajstić information content (AvgIpc) is 2.62. The molecule has 7 nitrogen and oxygen atoms in total. The molecule has 25 heavy (non-hydrogen) atoms. The third kappa shape index (κ3) is 5.60. The summed E-state index contributed by atoms with van der Waals surface area (Å²) in [5.41, 5.74) is 0.836. The van der Waals surface area contributed by atoms with E-state index in [1.54, 1.807) is 0 Å². The van der Waals surface area contributed by atoms with Crippen LogP contribution in [0.1, 0.15) is 11.7 Å². The summed E-state index contributed by atoms with van der Waals surface area (Å²) in [6.07, 6.45) is -0.176. The molecule has 134 valence electrons. The Morgan fingerprint density at radius 1 is 1.12 bits per heavy atom. The zero-order valence-electron chi connectivity index (χ0n) is 13.2. The molecule has 1 N–H and O–H groups in total. The number of hydrogen-bond donors (Lipinski definition) is 1. The molecule has 2 aromatic rings. The van der Waals surface area contributed by atoms with Gasteiger partial charge in [-0.25, -0.2) is 13.1 Å². The van der Waals surface area contributed by atoms with E-state index in [2.05, 4.69) is 20.7 Å². The largest absolute Gasteiger partial charge is 0.371 e. The number of nitrogens with zero attached hydrogens (tertiary/aromatic N) is 1. The van der Waals surface area contributed by atoms with Gasteiger partial charge in [0.1, 0.15) is 0 Å². The van der Waals surface area contributed by atoms with Crippen molar-refractivity contribution in [2.75, 3.05) is 18.5 Å². The molecule has 1 atom stereocenters. The van der Waals surface area contributed by atoms with E-state index in [1.807, 2.05) is 30.3 Å². The predicted octanol–water partition coefficient (Wildman–Crippen LogP) is 3.03. The first kappa shape index (κ1) is 19.5. The fourth-order valence-electron chi connectivity index (χ4n) is 2.11. The van der Waals surface area contributed by atoms with E-state index in [-0.39, 0.29) is 29.8 Å². The number of ether oxygens (including phenoxy) is 1. The number of benzene rings is 2. The summed E-state index contributed by atoms with van der Waals surface area (Å²) < 4.78 is 32.4. The molecule has 0 aliphatic rings. The highest BCUT2D eigenvalue weighted by atomic mass is 79.9. The second kappa shape index (κ2) is 9.04. The summed E-state index contributed by atoms with van der Waals surface area (Å²) in [7, 11) is -3.74. The topological polar surface area (TPSA) is 98.5 Å². The van der Waals surface area contributed by atoms with Gasteiger partial charge in [0, 0.05) is 24.0 Å². The van der Waals surface area contributed by atoms with Gasteiger partial charge in [0.05, 0.1) is 22.5 Å². The smallest absolute Gasteiger partial charge is 0.269 e. The molecule has 0 bridgehead atoms. The van der Waals surface area contributed by atoms with Crippen LogP contribution in [-0.2, 0) is 14.8 Å². The van der Waals surface area contributed by atoms with Gasteiger partial charge in [-0.2, -0.15) is 0 Å². The molecule has 0 fully saturated rings. The Hall–Kier alpha value is -1.81. The Bertz CT molecular complexity index is 797. The van der Waals surface area contributed by atoms with Gasteiger partial charge in [0.2, 0.25) is 10.0 Å². The van der Waals surface area contributed by atoms with Crippen LogP contribution in [0, 0.1) is 10.1 Å². The van der Waals surface area contributed by atoms with E-state index in [1.165, 1.54) is 12.1 Å². The summed E-state index contributed by atoms with van der Waals surface area (Å²) in [6, 6.07) is 14.3. The number of halogens is 1. The lowest BCUT2D eigenvalue weighted by molar-refractivity contribution is -0.384. The zero-order valence-corrected chi connectivity index (χ0v) is 15.6. The van der Waals surface area contributed by atoms with Crippen molar-refractivity contribution in [2.24, 2.45) is 0 Å². The zero-order chi connectivity index (χ0) is 18.3. The summed E-state index contributed by atoms with van der Waals surface area (Å²) in [4.78, 5) is 9.99. The van der Waals surface area contributed by atoms with E-state index in [0.717, 1.165) is 17.7 Å². The maximum Gasteiger partial charge on any atom is 0.269 e. The minimum absolute atomic E-state index is 0.0294. The first-order valence-electron chi connectivity index (χ1n) is 7.40. The molecule has 0 heterocycles. The molecule has 2 aromatic carbocycles. The first-order chi connectivity index (χ1) is 11.9. The second-order valence-corrected chi connectivity index (χ2v) is 7.49. The SMILES string of the molecule is O=[N+]([O-])c1ccc(S(=O)(=O)NCCOC(CBr)c2ccccc2)cc1. The van der Waals surface area contributed by atoms with E-state index in [9.17, 15) is 18.5 Å². The van der Waals surface area contributed by atoms with Gasteiger partial charge >= 0.3 is 0 Å². The second-order valence-electron chi connectivity index (χ2n) is 5.07. The summed E-state index contributed by atoms with van der Waals surface area (Å²) in [6.45, 7) is 0.285. The molecule has 0 amide bonds. The molecule has 0 saturated heterocycles. The highest BCUT2D eigenvalue weighted by molar-refractivity contribution is 9.09. The van der Waals surface area contributed by atoms with Gasteiger partial charge in [-0.05, 0) is 17.7 Å². The number of alkyl halides is 1. The summed E-state index contributed by atoms with van der Waals surface area (Å²) >= 11 is 3.38. The van der Waals surface area contributed by atoms with Crippen molar-refractivity contribution >= 4 is 31.6 Å². The number of sulfonamides is 1. The average molecular weight is 429 g/mol. The number of nitro benzene ring substituents is 1. The van der Waals surface area contributed by atoms with Gasteiger partial charge < -0.3 is 4.74 Å². The van der Waals surface area contributed by atoms with Crippen LogP contribution in [0.15, 0.2) is 59.5 Å². The van der Waals surface area contributed by atoms with Crippen molar-refractivity contribution in [3.05, 3.63) is 70.3 Å². The maximum absolute atomic E-state index is 12.2. The van der Waals surface area contributed by atoms with Crippen LogP contribution < -0.4 is 4.72 Å². The molecule has 0 aliphatic heterocycles. The Kier molecular flexibility index (Phi) is 7.06. The van der Waals surface area contributed by atoms with E-state index in [4.69, 9.17) is 4.74 Å². The molecule has 0 aromatic heterocycles. The van der Waals surface area contributed by atoms with Gasteiger partial charge in [-0.15, -0.1) is 0 Å². The van der Waals surface area contributed by atoms with Gasteiger partial charge in [0.15, 0.2) is 0 Å². The Morgan fingerprint density at radius 3 is 2.32 bits per heavy atom. The van der Waals surface area contributed by atoms with E-state index < -0.39 is 14.9 Å². The molecule has 0 aliphatic carbocycles. The minimum Gasteiger partial charge on any atom is -0.371 e. The third-order valence-electron chi connectivity index (χ3n) is 3.38. The molecule has 1 unspecified atom stereocenters. The van der Waals surface area contributed by atoms with Crippen LogP contribution >= 0.6 is 15.9 Å². The van der Waals surface area contributed by atoms with Crippen molar-refractivity contribution in [3.63, 3.8) is 0 Å². The summed E-state index contributed by atoms with van der Waals surface area (Å²) in [5.74, 6) is 0. The quantitative estimate of drug-likeness (QED) is 0.286. The standard InChI is InChI=1S/C16H17BrN2O5S/c17-12-16(13-4-2-1-3-5-13)24-11-10-18-25(22,23)15-8-6-14(7-9-15)19(20)21/h1-9,16,18H,10-12H2. The van der Waals surface area contributed by atoms with Crippen LogP contribution in [0.3, 0.4) is 0 Å². The lowest BCUT2D eigenvalue weighted by Gasteiger charge is -2.16. The van der Waals surface area contributed by atoms with E-state index in [0.29, 0.717) is 5.33 Å². The highest BCUT2D eigenvalue weighted by Crippen LogP contribution is 2.19. The highest BCUT2D eigenvalue weighted by Gasteiger charge is 2.16. The number of non-ortho nitro benzene ring substituents is 1. The first-order valence-corrected chi connectivity index (χ1v) is 10.0. The molecule has 9 heteroatoms. The van der Waals surface area contributed by atoms with Crippen molar-refractivity contribution in [1.29, 1.82) is 0 Å². The Morgan fingerprint density at radius 2 is 1.76 bits per heavy atom. The fraction of sp³-hybridized carbons (Fsp3) is 0.250. The van der Waals surface area contributed by atoms with Crippen molar-refractivity contribution in [3.8, 4) is 0 Å². The van der Waals surface area contributed by atoms with Gasteiger partial charge in [-0.3, -0.25) is 10.1 Å². The normalized spacial score (nSPS) is 12.7. The van der Waals surface area contributed by atoms with Crippen molar-refractivity contribution < 1.29 is 18.1 Å². The molecular weight excluding hydrogens is 412 g/mol. The molecule has 0 radical (unpaired) electrons. The molecule has 0 saturated carbocycles. The van der Waals surface area contributed by atoms with E-state index >= 15 is 0 Å². The lowest BCUT2D eigenvalue weighted by Crippen LogP contribution is -2.28. The molecular formula is C16H17BrN2O5S. The third-order valence-corrected chi connectivity index (χ3v) is 5.45. The van der Waals surface area contributed by atoms with Crippen LogP contribution in [0.25, 0.3) is 0 Å².